The van der Waals surface area contributed by atoms with Crippen LogP contribution in [0.3, 0.4) is 0 Å². The molecule has 5 atom stereocenters. The number of hydrogen-bond acceptors (Lipinski definition) is 6. The monoisotopic (exact) mass is 366 g/mol. The van der Waals surface area contributed by atoms with Crippen molar-refractivity contribution in [2.45, 2.75) is 76.6 Å². The lowest BCUT2D eigenvalue weighted by atomic mass is 9.42. The molecule has 4 saturated carbocycles. The van der Waals surface area contributed by atoms with Gasteiger partial charge in [0.25, 0.3) is 0 Å². The highest BCUT2D eigenvalue weighted by atomic mass is 16.6. The van der Waals surface area contributed by atoms with Crippen molar-refractivity contribution >= 4 is 11.9 Å². The van der Waals surface area contributed by atoms with Crippen molar-refractivity contribution in [2.75, 3.05) is 13.2 Å². The number of carbonyl (C=O) groups is 2. The highest BCUT2D eigenvalue weighted by molar-refractivity contribution is 5.88. The van der Waals surface area contributed by atoms with Gasteiger partial charge in [-0.1, -0.05) is 20.4 Å². The molecule has 1 N–H and O–H groups in total. The van der Waals surface area contributed by atoms with Crippen LogP contribution < -0.4 is 0 Å². The van der Waals surface area contributed by atoms with Crippen molar-refractivity contribution in [2.24, 2.45) is 11.3 Å². The minimum Gasteiger partial charge on any atom is -0.456 e. The van der Waals surface area contributed by atoms with E-state index >= 15 is 0 Å². The predicted octanol–water partition coefficient (Wildman–Crippen LogP) is 2.53. The highest BCUT2D eigenvalue weighted by Crippen LogP contribution is 2.68. The fraction of sp³-hybridized carbons (Fsp3) is 0.800. The van der Waals surface area contributed by atoms with Gasteiger partial charge in [-0.3, -0.25) is 0 Å². The summed E-state index contributed by atoms with van der Waals surface area (Å²) in [5.74, 6) is -1.24. The molecular weight excluding hydrogens is 336 g/mol. The van der Waals surface area contributed by atoms with E-state index in [9.17, 15) is 14.7 Å². The fourth-order valence-corrected chi connectivity index (χ4v) is 6.12. The third-order valence-corrected chi connectivity index (χ3v) is 6.46. The van der Waals surface area contributed by atoms with Crippen LogP contribution in [0.1, 0.15) is 59.8 Å². The topological polar surface area (TPSA) is 82.1 Å². The molecule has 6 heteroatoms. The van der Waals surface area contributed by atoms with Crippen LogP contribution in [0, 0.1) is 11.3 Å². The second-order valence-electron chi connectivity index (χ2n) is 9.03. The van der Waals surface area contributed by atoms with Gasteiger partial charge in [-0.25, -0.2) is 9.59 Å². The number of carbonyl (C=O) groups excluding carboxylic acids is 2. The lowest BCUT2D eigenvalue weighted by molar-refractivity contribution is -0.320. The van der Waals surface area contributed by atoms with Crippen LogP contribution >= 0.6 is 0 Å². The zero-order chi connectivity index (χ0) is 19.4. The standard InChI is InChI=1S/C20H30O6/c1-6-25-19-9-17(5)8-18(23,11-19)12-20(10-17,14(19)4)26-15(21)7-24-16(22)13(2)3/h14,23H,2,6-12H2,1,3-5H3. The van der Waals surface area contributed by atoms with Crippen molar-refractivity contribution in [3.63, 3.8) is 0 Å². The summed E-state index contributed by atoms with van der Waals surface area (Å²) in [6.07, 6.45) is 3.24. The van der Waals surface area contributed by atoms with E-state index in [0.29, 0.717) is 32.3 Å². The number of ether oxygens (including phenoxy) is 3. The molecule has 0 radical (unpaired) electrons. The number of esters is 2. The van der Waals surface area contributed by atoms with Crippen molar-refractivity contribution in [3.8, 4) is 0 Å². The van der Waals surface area contributed by atoms with Crippen LogP contribution in [0.2, 0.25) is 0 Å². The average molecular weight is 366 g/mol. The Morgan fingerprint density at radius 3 is 2.35 bits per heavy atom. The van der Waals surface area contributed by atoms with Gasteiger partial charge in [0.05, 0.1) is 11.2 Å². The normalized spacial score (nSPS) is 43.2. The molecule has 0 heterocycles. The third-order valence-electron chi connectivity index (χ3n) is 6.46. The smallest absolute Gasteiger partial charge is 0.344 e. The number of hydrogen-bond donors (Lipinski definition) is 1. The first-order valence-electron chi connectivity index (χ1n) is 9.38. The average Bonchev–Trinajstić information content (AvgIpc) is 2.47. The summed E-state index contributed by atoms with van der Waals surface area (Å²) in [7, 11) is 0. The molecule has 0 aromatic rings. The van der Waals surface area contributed by atoms with E-state index in [2.05, 4.69) is 13.5 Å². The van der Waals surface area contributed by atoms with E-state index < -0.39 is 35.3 Å². The van der Waals surface area contributed by atoms with Crippen molar-refractivity contribution in [3.05, 3.63) is 12.2 Å². The van der Waals surface area contributed by atoms with Crippen LogP contribution in [0.25, 0.3) is 0 Å². The molecule has 0 spiro atoms. The molecule has 0 saturated heterocycles. The Bertz CT molecular complexity index is 620. The van der Waals surface area contributed by atoms with E-state index in [4.69, 9.17) is 14.2 Å². The third kappa shape index (κ3) is 3.07. The van der Waals surface area contributed by atoms with Crippen molar-refractivity contribution < 1.29 is 28.9 Å². The maximum absolute atomic E-state index is 12.4. The molecule has 5 unspecified atom stereocenters. The molecule has 4 fully saturated rings. The van der Waals surface area contributed by atoms with Gasteiger partial charge in [-0.2, -0.15) is 0 Å². The molecule has 146 valence electrons. The van der Waals surface area contributed by atoms with E-state index in [1.54, 1.807) is 0 Å². The first-order chi connectivity index (χ1) is 12.0. The molecule has 6 nitrogen and oxygen atoms in total. The molecule has 0 amide bonds. The minimum absolute atomic E-state index is 0.0376. The Labute approximate surface area is 154 Å². The first-order valence-corrected chi connectivity index (χ1v) is 9.38. The van der Waals surface area contributed by atoms with E-state index in [1.165, 1.54) is 6.92 Å². The summed E-state index contributed by atoms with van der Waals surface area (Å²) < 4.78 is 17.0. The molecule has 4 aliphatic rings. The molecule has 4 bridgehead atoms. The lowest BCUT2D eigenvalue weighted by Gasteiger charge is -2.70. The van der Waals surface area contributed by atoms with E-state index in [1.807, 2.05) is 13.8 Å². The van der Waals surface area contributed by atoms with Gasteiger partial charge in [0.2, 0.25) is 0 Å². The summed E-state index contributed by atoms with van der Waals surface area (Å²) >= 11 is 0. The number of rotatable bonds is 6. The predicted molar refractivity (Wildman–Crippen MR) is 94.3 cm³/mol. The Balaban J connectivity index is 1.82. The zero-order valence-electron chi connectivity index (χ0n) is 16.2. The Hall–Kier alpha value is -1.40. The largest absolute Gasteiger partial charge is 0.456 e. The summed E-state index contributed by atoms with van der Waals surface area (Å²) in [5.41, 5.74) is -2.07. The second-order valence-corrected chi connectivity index (χ2v) is 9.03. The van der Waals surface area contributed by atoms with Crippen molar-refractivity contribution in [1.82, 2.24) is 0 Å². The van der Waals surface area contributed by atoms with Gasteiger partial charge >= 0.3 is 11.9 Å². The van der Waals surface area contributed by atoms with Gasteiger partial charge in [0.15, 0.2) is 6.61 Å². The van der Waals surface area contributed by atoms with Crippen LogP contribution in [-0.2, 0) is 23.8 Å². The molecule has 26 heavy (non-hydrogen) atoms. The highest BCUT2D eigenvalue weighted by Gasteiger charge is 2.72. The number of aliphatic hydroxyl groups is 1. The summed E-state index contributed by atoms with van der Waals surface area (Å²) in [6, 6.07) is 0. The Morgan fingerprint density at radius 2 is 1.77 bits per heavy atom. The summed E-state index contributed by atoms with van der Waals surface area (Å²) in [5, 5.41) is 11.2. The molecular formula is C20H30O6. The molecule has 0 aromatic heterocycles. The van der Waals surface area contributed by atoms with Gasteiger partial charge in [0, 0.05) is 30.9 Å². The Kier molecular flexibility index (Phi) is 4.51. The minimum atomic E-state index is -0.887. The van der Waals surface area contributed by atoms with Gasteiger partial charge in [0.1, 0.15) is 5.60 Å². The first kappa shape index (κ1) is 19.4. The molecule has 0 aromatic carbocycles. The van der Waals surface area contributed by atoms with Crippen LogP contribution in [0.5, 0.6) is 0 Å². The SMILES string of the molecule is C=C(C)C(=O)OCC(=O)OC12CC3(C)CC(O)(CC(OCC)(C3)C1C)C2. The fourth-order valence-electron chi connectivity index (χ4n) is 6.12. The van der Waals surface area contributed by atoms with Crippen LogP contribution in [-0.4, -0.2) is 47.1 Å². The second kappa shape index (κ2) is 6.06. The van der Waals surface area contributed by atoms with Gasteiger partial charge in [-0.15, -0.1) is 0 Å². The lowest BCUT2D eigenvalue weighted by Crippen LogP contribution is -2.74. The summed E-state index contributed by atoms with van der Waals surface area (Å²) in [6.45, 7) is 11.3. The quantitative estimate of drug-likeness (QED) is 0.575. The van der Waals surface area contributed by atoms with E-state index in [0.717, 1.165) is 6.42 Å². The van der Waals surface area contributed by atoms with Crippen molar-refractivity contribution in [1.29, 1.82) is 0 Å². The molecule has 0 aliphatic heterocycles. The van der Waals surface area contributed by atoms with Crippen LogP contribution in [0.15, 0.2) is 12.2 Å². The Morgan fingerprint density at radius 1 is 1.15 bits per heavy atom. The van der Waals surface area contributed by atoms with E-state index in [-0.39, 0.29) is 16.9 Å². The maximum Gasteiger partial charge on any atom is 0.344 e. The maximum atomic E-state index is 12.4. The molecule has 4 aliphatic carbocycles. The summed E-state index contributed by atoms with van der Waals surface area (Å²) in [4.78, 5) is 23.9. The van der Waals surface area contributed by atoms with Crippen LogP contribution in [0.4, 0.5) is 0 Å². The van der Waals surface area contributed by atoms with Gasteiger partial charge in [-0.05, 0) is 38.5 Å². The zero-order valence-corrected chi connectivity index (χ0v) is 16.2. The molecule has 4 rings (SSSR count). The van der Waals surface area contributed by atoms with Gasteiger partial charge < -0.3 is 19.3 Å².